The largest absolute Gasteiger partial charge is 0.353 e. The molecule has 0 aromatic heterocycles. The molecule has 5 heteroatoms. The van der Waals surface area contributed by atoms with Gasteiger partial charge in [-0.25, -0.2) is 0 Å². The number of likely N-dealkylation sites (N-methyl/N-ethyl adjacent to an activating group) is 1. The van der Waals surface area contributed by atoms with Gasteiger partial charge in [0.25, 0.3) is 0 Å². The molecule has 0 aliphatic carbocycles. The highest BCUT2D eigenvalue weighted by Gasteiger charge is 2.24. The van der Waals surface area contributed by atoms with Crippen molar-refractivity contribution < 1.29 is 9.59 Å². The molecule has 1 heterocycles. The molecule has 1 aromatic rings. The summed E-state index contributed by atoms with van der Waals surface area (Å²) in [5.74, 6) is 0.151. The lowest BCUT2D eigenvalue weighted by Crippen LogP contribution is -2.41. The van der Waals surface area contributed by atoms with Crippen LogP contribution >= 0.6 is 0 Å². The van der Waals surface area contributed by atoms with Gasteiger partial charge >= 0.3 is 0 Å². The first-order chi connectivity index (χ1) is 11.0. The quantitative estimate of drug-likeness (QED) is 0.834. The highest BCUT2D eigenvalue weighted by molar-refractivity contribution is 5.95. The normalized spacial score (nSPS) is 13.5. The van der Waals surface area contributed by atoms with E-state index in [0.717, 1.165) is 25.2 Å². The van der Waals surface area contributed by atoms with Crippen LogP contribution in [0.4, 0.5) is 5.69 Å². The van der Waals surface area contributed by atoms with Gasteiger partial charge in [0.2, 0.25) is 11.8 Å². The van der Waals surface area contributed by atoms with E-state index in [1.54, 1.807) is 0 Å². The fourth-order valence-electron chi connectivity index (χ4n) is 2.91. The van der Waals surface area contributed by atoms with E-state index in [2.05, 4.69) is 11.4 Å². The molecule has 0 atom stereocenters. The van der Waals surface area contributed by atoms with Crippen molar-refractivity contribution in [2.75, 3.05) is 31.1 Å². The van der Waals surface area contributed by atoms with Crippen LogP contribution in [0.2, 0.25) is 0 Å². The van der Waals surface area contributed by atoms with Gasteiger partial charge in [0.05, 0.1) is 6.54 Å². The Morgan fingerprint density at radius 1 is 1.30 bits per heavy atom. The van der Waals surface area contributed by atoms with Crippen molar-refractivity contribution in [2.24, 2.45) is 0 Å². The summed E-state index contributed by atoms with van der Waals surface area (Å²) >= 11 is 0. The number of anilines is 1. The Kier molecular flexibility index (Phi) is 6.16. The molecule has 0 unspecified atom stereocenters. The monoisotopic (exact) mass is 317 g/mol. The van der Waals surface area contributed by atoms with Crippen molar-refractivity contribution in [2.45, 2.75) is 39.7 Å². The molecule has 1 N–H and O–H groups in total. The molecule has 0 fully saturated rings. The van der Waals surface area contributed by atoms with Gasteiger partial charge in [0.15, 0.2) is 0 Å². The second-order valence-corrected chi connectivity index (χ2v) is 6.27. The lowest BCUT2D eigenvalue weighted by atomic mass is 10.2. The van der Waals surface area contributed by atoms with Crippen LogP contribution in [-0.4, -0.2) is 48.9 Å². The lowest BCUT2D eigenvalue weighted by molar-refractivity contribution is -0.124. The van der Waals surface area contributed by atoms with Gasteiger partial charge in [-0.2, -0.15) is 0 Å². The average molecular weight is 317 g/mol. The Hall–Kier alpha value is -1.88. The number of amides is 2. The van der Waals surface area contributed by atoms with Crippen molar-refractivity contribution in [3.05, 3.63) is 29.8 Å². The smallest absolute Gasteiger partial charge is 0.234 e. The van der Waals surface area contributed by atoms with E-state index in [0.29, 0.717) is 19.5 Å². The molecule has 5 nitrogen and oxygen atoms in total. The number of benzene rings is 1. The van der Waals surface area contributed by atoms with Crippen LogP contribution in [0.1, 0.15) is 32.8 Å². The molecule has 2 rings (SSSR count). The maximum absolute atomic E-state index is 12.5. The summed E-state index contributed by atoms with van der Waals surface area (Å²) in [4.78, 5) is 28.2. The fourth-order valence-corrected chi connectivity index (χ4v) is 2.91. The number of rotatable bonds is 7. The van der Waals surface area contributed by atoms with Crippen LogP contribution in [-0.2, 0) is 16.0 Å². The molecule has 0 saturated heterocycles. The van der Waals surface area contributed by atoms with E-state index in [1.165, 1.54) is 5.56 Å². The van der Waals surface area contributed by atoms with Gasteiger partial charge in [-0.1, -0.05) is 25.1 Å². The van der Waals surface area contributed by atoms with Crippen LogP contribution < -0.4 is 10.2 Å². The fraction of sp³-hybridized carbons (Fsp3) is 0.556. The number of fused-ring (bicyclic) bond motifs is 1. The van der Waals surface area contributed by atoms with Gasteiger partial charge < -0.3 is 10.2 Å². The van der Waals surface area contributed by atoms with Crippen molar-refractivity contribution in [1.82, 2.24) is 10.2 Å². The first-order valence-corrected chi connectivity index (χ1v) is 8.41. The van der Waals surface area contributed by atoms with Crippen LogP contribution in [0.3, 0.4) is 0 Å². The van der Waals surface area contributed by atoms with Crippen LogP contribution in [0.15, 0.2) is 24.3 Å². The molecule has 126 valence electrons. The molecule has 0 radical (unpaired) electrons. The Bertz CT molecular complexity index is 557. The topological polar surface area (TPSA) is 52.7 Å². The average Bonchev–Trinajstić information content (AvgIpc) is 2.94. The molecule has 1 aromatic carbocycles. The molecule has 0 spiro atoms. The van der Waals surface area contributed by atoms with Crippen LogP contribution in [0.5, 0.6) is 0 Å². The van der Waals surface area contributed by atoms with Gasteiger partial charge in [-0.05, 0) is 38.4 Å². The summed E-state index contributed by atoms with van der Waals surface area (Å²) in [6, 6.07) is 8.22. The molecular formula is C18H27N3O2. The highest BCUT2D eigenvalue weighted by Crippen LogP contribution is 2.27. The number of carbonyl (C=O) groups excluding carboxylic acids is 2. The summed E-state index contributed by atoms with van der Waals surface area (Å²) in [6.45, 7) is 8.38. The lowest BCUT2D eigenvalue weighted by Gasteiger charge is -2.22. The number of hydrogen-bond donors (Lipinski definition) is 1. The zero-order chi connectivity index (χ0) is 16.8. The maximum Gasteiger partial charge on any atom is 0.234 e. The maximum atomic E-state index is 12.5. The van der Waals surface area contributed by atoms with E-state index < -0.39 is 0 Å². The number of carbonyl (C=O) groups is 2. The Morgan fingerprint density at radius 2 is 2.04 bits per heavy atom. The summed E-state index contributed by atoms with van der Waals surface area (Å²) in [7, 11) is 0. The van der Waals surface area contributed by atoms with Gasteiger partial charge in [-0.3, -0.25) is 14.5 Å². The van der Waals surface area contributed by atoms with Crippen LogP contribution in [0.25, 0.3) is 0 Å². The third-order valence-electron chi connectivity index (χ3n) is 4.09. The second kappa shape index (κ2) is 8.11. The van der Waals surface area contributed by atoms with E-state index in [9.17, 15) is 9.59 Å². The summed E-state index contributed by atoms with van der Waals surface area (Å²) in [5, 5.41) is 2.89. The number of nitrogens with one attached hydrogen (secondary N) is 1. The molecule has 0 saturated carbocycles. The number of nitrogens with zero attached hydrogens (tertiary/aromatic N) is 2. The minimum absolute atomic E-state index is 0.0146. The van der Waals surface area contributed by atoms with E-state index in [4.69, 9.17) is 0 Å². The summed E-state index contributed by atoms with van der Waals surface area (Å²) < 4.78 is 0. The Balaban J connectivity index is 1.85. The van der Waals surface area contributed by atoms with Crippen molar-refractivity contribution >= 4 is 17.5 Å². The van der Waals surface area contributed by atoms with Gasteiger partial charge in [-0.15, -0.1) is 0 Å². The highest BCUT2D eigenvalue weighted by atomic mass is 16.2. The third kappa shape index (κ3) is 4.79. The molecule has 2 amide bonds. The van der Waals surface area contributed by atoms with Crippen molar-refractivity contribution in [1.29, 1.82) is 0 Å². The Labute approximate surface area is 138 Å². The molecule has 23 heavy (non-hydrogen) atoms. The number of hydrogen-bond acceptors (Lipinski definition) is 3. The minimum atomic E-state index is 0.0146. The van der Waals surface area contributed by atoms with E-state index >= 15 is 0 Å². The Morgan fingerprint density at radius 3 is 2.74 bits per heavy atom. The zero-order valence-electron chi connectivity index (χ0n) is 14.3. The van der Waals surface area contributed by atoms with Crippen LogP contribution in [0, 0.1) is 0 Å². The third-order valence-corrected chi connectivity index (χ3v) is 4.09. The summed E-state index contributed by atoms with van der Waals surface area (Å²) in [5.41, 5.74) is 2.28. The van der Waals surface area contributed by atoms with Crippen molar-refractivity contribution in [3.63, 3.8) is 0 Å². The molecule has 1 aliphatic rings. The zero-order valence-corrected chi connectivity index (χ0v) is 14.3. The predicted molar refractivity (Wildman–Crippen MR) is 92.5 cm³/mol. The first kappa shape index (κ1) is 17.5. The molecular weight excluding hydrogens is 290 g/mol. The molecule has 0 bridgehead atoms. The van der Waals surface area contributed by atoms with Crippen molar-refractivity contribution in [3.8, 4) is 0 Å². The predicted octanol–water partition coefficient (Wildman–Crippen LogP) is 1.81. The first-order valence-electron chi connectivity index (χ1n) is 8.41. The van der Waals surface area contributed by atoms with E-state index in [1.807, 2.05) is 48.8 Å². The number of para-hydroxylation sites is 1. The van der Waals surface area contributed by atoms with Gasteiger partial charge in [0, 0.05) is 31.2 Å². The molecule has 1 aliphatic heterocycles. The SMILES string of the molecule is CCN(CCC(=O)N1CCc2ccccc21)CC(=O)NC(C)C. The minimum Gasteiger partial charge on any atom is -0.353 e. The van der Waals surface area contributed by atoms with Gasteiger partial charge in [0.1, 0.15) is 0 Å². The second-order valence-electron chi connectivity index (χ2n) is 6.27. The van der Waals surface area contributed by atoms with E-state index in [-0.39, 0.29) is 17.9 Å². The standard InChI is InChI=1S/C18H27N3O2/c1-4-20(13-17(22)19-14(2)3)11-10-18(23)21-12-9-15-7-5-6-8-16(15)21/h5-8,14H,4,9-13H2,1-3H3,(H,19,22). The summed E-state index contributed by atoms with van der Waals surface area (Å²) in [6.07, 6.45) is 1.37.